The van der Waals surface area contributed by atoms with E-state index in [1.165, 1.54) is 28.0 Å². The number of rotatable bonds is 4. The second kappa shape index (κ2) is 7.16. The van der Waals surface area contributed by atoms with Crippen molar-refractivity contribution in [3.8, 4) is 11.3 Å². The number of hydrogen-bond acceptors (Lipinski definition) is 4. The van der Waals surface area contributed by atoms with Crippen LogP contribution in [-0.2, 0) is 11.2 Å². The Morgan fingerprint density at radius 3 is 2.85 bits per heavy atom. The van der Waals surface area contributed by atoms with Gasteiger partial charge in [0, 0.05) is 22.7 Å². The summed E-state index contributed by atoms with van der Waals surface area (Å²) < 4.78 is 0. The first-order valence-electron chi connectivity index (χ1n) is 9.19. The molecule has 0 radical (unpaired) electrons. The van der Waals surface area contributed by atoms with E-state index in [0.29, 0.717) is 17.7 Å². The second-order valence-electron chi connectivity index (χ2n) is 7.19. The number of nitrogens with zero attached hydrogens (tertiary/aromatic N) is 2. The van der Waals surface area contributed by atoms with Crippen LogP contribution in [0.4, 0.5) is 10.8 Å². The van der Waals surface area contributed by atoms with Gasteiger partial charge in [-0.1, -0.05) is 30.3 Å². The van der Waals surface area contributed by atoms with E-state index >= 15 is 0 Å². The molecule has 1 atom stereocenters. The summed E-state index contributed by atoms with van der Waals surface area (Å²) in [7, 11) is 0. The molecule has 1 aliphatic heterocycles. The van der Waals surface area contributed by atoms with Gasteiger partial charge in [0.25, 0.3) is 0 Å². The van der Waals surface area contributed by atoms with Crippen molar-refractivity contribution in [1.82, 2.24) is 4.98 Å². The minimum absolute atomic E-state index is 0.0282. The Balaban J connectivity index is 1.45. The molecule has 0 spiro atoms. The Hall–Kier alpha value is -2.66. The van der Waals surface area contributed by atoms with Gasteiger partial charge in [0.2, 0.25) is 5.91 Å². The zero-order valence-electron chi connectivity index (χ0n) is 15.8. The first-order chi connectivity index (χ1) is 13.0. The summed E-state index contributed by atoms with van der Waals surface area (Å²) in [5.74, 6) is -0.0282. The third-order valence-corrected chi connectivity index (χ3v) is 5.97. The summed E-state index contributed by atoms with van der Waals surface area (Å²) in [5, 5.41) is 5.60. The van der Waals surface area contributed by atoms with E-state index in [4.69, 9.17) is 0 Å². The number of fused-ring (bicyclic) bond motifs is 1. The Kier molecular flexibility index (Phi) is 4.70. The predicted octanol–water partition coefficient (Wildman–Crippen LogP) is 4.82. The van der Waals surface area contributed by atoms with Gasteiger partial charge < -0.3 is 10.2 Å². The van der Waals surface area contributed by atoms with Crippen molar-refractivity contribution in [3.63, 3.8) is 0 Å². The highest BCUT2D eigenvalue weighted by molar-refractivity contribution is 7.14. The van der Waals surface area contributed by atoms with Crippen LogP contribution >= 0.6 is 11.3 Å². The second-order valence-corrected chi connectivity index (χ2v) is 8.05. The normalized spacial score (nSPS) is 15.7. The van der Waals surface area contributed by atoms with E-state index in [2.05, 4.69) is 72.4 Å². The molecule has 0 saturated carbocycles. The first kappa shape index (κ1) is 17.7. The lowest BCUT2D eigenvalue weighted by molar-refractivity contribution is -0.115. The number of aryl methyl sites for hydroxylation is 2. The number of carbonyl (C=O) groups is 1. The summed E-state index contributed by atoms with van der Waals surface area (Å²) in [6, 6.07) is 15.0. The number of hydrogen-bond donors (Lipinski definition) is 1. The van der Waals surface area contributed by atoms with E-state index < -0.39 is 0 Å². The molecule has 0 saturated heterocycles. The Labute approximate surface area is 163 Å². The Morgan fingerprint density at radius 1 is 1.22 bits per heavy atom. The molecule has 1 unspecified atom stereocenters. The highest BCUT2D eigenvalue weighted by Crippen LogP contribution is 2.32. The lowest BCUT2D eigenvalue weighted by Crippen LogP contribution is -2.37. The quantitative estimate of drug-likeness (QED) is 0.709. The topological polar surface area (TPSA) is 45.2 Å². The van der Waals surface area contributed by atoms with Crippen LogP contribution in [0.25, 0.3) is 11.3 Å². The highest BCUT2D eigenvalue weighted by Gasteiger charge is 2.27. The number of anilines is 2. The smallest absolute Gasteiger partial charge is 0.245 e. The van der Waals surface area contributed by atoms with Crippen molar-refractivity contribution in [1.29, 1.82) is 0 Å². The fourth-order valence-corrected chi connectivity index (χ4v) is 4.28. The van der Waals surface area contributed by atoms with Crippen molar-refractivity contribution >= 4 is 28.1 Å². The molecule has 4 nitrogen and oxygen atoms in total. The van der Waals surface area contributed by atoms with Gasteiger partial charge in [-0.15, -0.1) is 11.3 Å². The van der Waals surface area contributed by atoms with Gasteiger partial charge in [0.1, 0.15) is 0 Å². The average molecular weight is 378 g/mol. The zero-order chi connectivity index (χ0) is 19.0. The van der Waals surface area contributed by atoms with Crippen LogP contribution in [0, 0.1) is 13.8 Å². The summed E-state index contributed by atoms with van der Waals surface area (Å²) in [4.78, 5) is 19.3. The largest absolute Gasteiger partial charge is 0.359 e. The van der Waals surface area contributed by atoms with Gasteiger partial charge in [-0.3, -0.25) is 4.79 Å². The lowest BCUT2D eigenvalue weighted by Gasteiger charge is -2.23. The summed E-state index contributed by atoms with van der Waals surface area (Å²) >= 11 is 1.47. The van der Waals surface area contributed by atoms with Gasteiger partial charge in [-0.2, -0.15) is 0 Å². The number of thiazole rings is 1. The maximum Gasteiger partial charge on any atom is 0.245 e. The van der Waals surface area contributed by atoms with E-state index in [-0.39, 0.29) is 5.91 Å². The van der Waals surface area contributed by atoms with E-state index in [9.17, 15) is 4.79 Å². The molecule has 2 aromatic carbocycles. The number of benzene rings is 2. The van der Waals surface area contributed by atoms with Gasteiger partial charge in [-0.25, -0.2) is 4.98 Å². The van der Waals surface area contributed by atoms with Crippen LogP contribution in [0.1, 0.15) is 23.6 Å². The van der Waals surface area contributed by atoms with Crippen molar-refractivity contribution < 1.29 is 4.79 Å². The molecule has 2 heterocycles. The average Bonchev–Trinajstić information content (AvgIpc) is 3.22. The molecule has 1 aliphatic rings. The Bertz CT molecular complexity index is 995. The third-order valence-electron chi connectivity index (χ3n) is 5.22. The highest BCUT2D eigenvalue weighted by atomic mass is 32.1. The minimum Gasteiger partial charge on any atom is -0.359 e. The third kappa shape index (κ3) is 3.60. The number of carbonyl (C=O) groups excluding carboxylic acids is 1. The Morgan fingerprint density at radius 2 is 2.04 bits per heavy atom. The first-order valence-corrected chi connectivity index (χ1v) is 10.1. The van der Waals surface area contributed by atoms with Gasteiger partial charge in [0.05, 0.1) is 12.2 Å². The molecule has 1 N–H and O–H groups in total. The molecule has 1 amide bonds. The standard InChI is InChI=1S/C22H23N3OS/c1-14-8-9-17(10-15(14)2)19-13-27-22(23-19)24-21(26)12-25-16(3)11-18-6-4-5-7-20(18)25/h4-10,13,16H,11-12H2,1-3H3,(H,23,24,26). The van der Waals surface area contributed by atoms with Crippen molar-refractivity contribution in [2.24, 2.45) is 0 Å². The molecular weight excluding hydrogens is 354 g/mol. The molecule has 1 aromatic heterocycles. The molecule has 0 fully saturated rings. The van der Waals surface area contributed by atoms with Gasteiger partial charge in [0.15, 0.2) is 5.13 Å². The van der Waals surface area contributed by atoms with Crippen LogP contribution < -0.4 is 10.2 Å². The monoisotopic (exact) mass is 377 g/mol. The van der Waals surface area contributed by atoms with Crippen LogP contribution in [0.2, 0.25) is 0 Å². The summed E-state index contributed by atoms with van der Waals surface area (Å²) in [6.07, 6.45) is 0.984. The summed E-state index contributed by atoms with van der Waals surface area (Å²) in [6.45, 7) is 6.71. The molecule has 3 aromatic rings. The maximum atomic E-state index is 12.6. The van der Waals surface area contributed by atoms with Crippen LogP contribution in [-0.4, -0.2) is 23.5 Å². The van der Waals surface area contributed by atoms with Crippen LogP contribution in [0.3, 0.4) is 0 Å². The molecule has 138 valence electrons. The fraction of sp³-hybridized carbons (Fsp3) is 0.273. The molecular formula is C22H23N3OS. The molecule has 0 aliphatic carbocycles. The number of amides is 1. The number of nitrogens with one attached hydrogen (secondary N) is 1. The fourth-order valence-electron chi connectivity index (χ4n) is 3.55. The van der Waals surface area contributed by atoms with Gasteiger partial charge in [-0.05, 0) is 56.0 Å². The zero-order valence-corrected chi connectivity index (χ0v) is 16.6. The van der Waals surface area contributed by atoms with E-state index in [1.54, 1.807) is 0 Å². The van der Waals surface area contributed by atoms with Crippen LogP contribution in [0.15, 0.2) is 47.8 Å². The molecule has 5 heteroatoms. The molecule has 27 heavy (non-hydrogen) atoms. The van der Waals surface area contributed by atoms with Crippen molar-refractivity contribution in [3.05, 3.63) is 64.5 Å². The van der Waals surface area contributed by atoms with E-state index in [0.717, 1.165) is 23.4 Å². The molecule has 0 bridgehead atoms. The van der Waals surface area contributed by atoms with Crippen molar-refractivity contribution in [2.75, 3.05) is 16.8 Å². The minimum atomic E-state index is -0.0282. The maximum absolute atomic E-state index is 12.6. The van der Waals surface area contributed by atoms with Gasteiger partial charge >= 0.3 is 0 Å². The number of aromatic nitrogens is 1. The van der Waals surface area contributed by atoms with Crippen LogP contribution in [0.5, 0.6) is 0 Å². The molecule has 4 rings (SSSR count). The van der Waals surface area contributed by atoms with E-state index in [1.807, 2.05) is 11.4 Å². The number of para-hydroxylation sites is 1. The summed E-state index contributed by atoms with van der Waals surface area (Å²) in [5.41, 5.74) is 6.96. The van der Waals surface area contributed by atoms with Crippen molar-refractivity contribution in [2.45, 2.75) is 33.2 Å². The predicted molar refractivity (Wildman–Crippen MR) is 113 cm³/mol. The lowest BCUT2D eigenvalue weighted by atomic mass is 10.1. The SMILES string of the molecule is Cc1ccc(-c2csc(NC(=O)CN3c4ccccc4CC3C)n2)cc1C.